The molecule has 1 aliphatic heterocycles. The minimum atomic E-state index is -0.492. The van der Waals surface area contributed by atoms with Crippen molar-refractivity contribution < 1.29 is 19.2 Å². The van der Waals surface area contributed by atoms with E-state index in [1.807, 2.05) is 19.9 Å². The highest BCUT2D eigenvalue weighted by Gasteiger charge is 2.33. The number of amides is 1. The van der Waals surface area contributed by atoms with Gasteiger partial charge in [-0.2, -0.15) is 0 Å². The number of nitro benzene ring substituents is 1. The molecule has 30 heavy (non-hydrogen) atoms. The van der Waals surface area contributed by atoms with Crippen molar-refractivity contribution in [1.82, 2.24) is 0 Å². The van der Waals surface area contributed by atoms with Crippen molar-refractivity contribution in [2.75, 3.05) is 18.1 Å². The molecule has 2 aromatic carbocycles. The van der Waals surface area contributed by atoms with Crippen LogP contribution in [0.3, 0.4) is 0 Å². The van der Waals surface area contributed by atoms with Gasteiger partial charge in [-0.15, -0.1) is 0 Å². The average molecular weight is 509 g/mol. The molecule has 3 rings (SSSR count). The molecule has 1 amide bonds. The summed E-state index contributed by atoms with van der Waals surface area (Å²) in [5, 5.41) is 10.8. The van der Waals surface area contributed by atoms with Crippen molar-refractivity contribution in [3.63, 3.8) is 0 Å². The van der Waals surface area contributed by atoms with Crippen LogP contribution in [0.4, 0.5) is 11.4 Å². The SMILES string of the molecule is CCOc1cc(/C=C2\SC(=S)N(c3ccc([N+](=O)[O-])cc3)C2=O)cc(Br)c1OCC. The van der Waals surface area contributed by atoms with Gasteiger partial charge in [0, 0.05) is 12.1 Å². The monoisotopic (exact) mass is 508 g/mol. The van der Waals surface area contributed by atoms with Crippen molar-refractivity contribution in [3.05, 3.63) is 61.5 Å². The fraction of sp³-hybridized carbons (Fsp3) is 0.200. The second-order valence-corrected chi connectivity index (χ2v) is 8.52. The summed E-state index contributed by atoms with van der Waals surface area (Å²) in [6, 6.07) is 9.34. The molecule has 0 saturated carbocycles. The van der Waals surface area contributed by atoms with Crippen molar-refractivity contribution in [2.45, 2.75) is 13.8 Å². The lowest BCUT2D eigenvalue weighted by molar-refractivity contribution is -0.384. The van der Waals surface area contributed by atoms with Gasteiger partial charge in [0.25, 0.3) is 11.6 Å². The van der Waals surface area contributed by atoms with E-state index in [1.165, 1.54) is 40.9 Å². The Morgan fingerprint density at radius 1 is 1.20 bits per heavy atom. The summed E-state index contributed by atoms with van der Waals surface area (Å²) in [6.45, 7) is 4.73. The van der Waals surface area contributed by atoms with Crippen LogP contribution in [0.25, 0.3) is 6.08 Å². The summed E-state index contributed by atoms with van der Waals surface area (Å²) in [4.78, 5) is 25.1. The lowest BCUT2D eigenvalue weighted by Crippen LogP contribution is -2.27. The molecule has 0 spiro atoms. The zero-order valence-electron chi connectivity index (χ0n) is 16.1. The fourth-order valence-electron chi connectivity index (χ4n) is 2.78. The fourth-order valence-corrected chi connectivity index (χ4v) is 4.66. The Kier molecular flexibility index (Phi) is 7.11. The minimum absolute atomic E-state index is 0.0533. The van der Waals surface area contributed by atoms with Gasteiger partial charge in [0.1, 0.15) is 0 Å². The van der Waals surface area contributed by atoms with E-state index < -0.39 is 4.92 Å². The second-order valence-electron chi connectivity index (χ2n) is 5.99. The van der Waals surface area contributed by atoms with Gasteiger partial charge < -0.3 is 9.47 Å². The third kappa shape index (κ3) is 4.66. The maximum Gasteiger partial charge on any atom is 0.270 e. The number of nitro groups is 1. The summed E-state index contributed by atoms with van der Waals surface area (Å²) >= 11 is 10.0. The van der Waals surface area contributed by atoms with Crippen LogP contribution < -0.4 is 14.4 Å². The van der Waals surface area contributed by atoms with E-state index in [0.717, 1.165) is 5.56 Å². The molecular formula is C20H17BrN2O5S2. The van der Waals surface area contributed by atoms with Crippen molar-refractivity contribution >= 4 is 67.6 Å². The number of nitrogens with zero attached hydrogens (tertiary/aromatic N) is 2. The number of carbonyl (C=O) groups is 1. The van der Waals surface area contributed by atoms with Gasteiger partial charge in [0.05, 0.1) is 33.2 Å². The van der Waals surface area contributed by atoms with Crippen LogP contribution in [-0.4, -0.2) is 28.4 Å². The molecule has 0 atom stereocenters. The van der Waals surface area contributed by atoms with Gasteiger partial charge in [-0.05, 0) is 65.7 Å². The van der Waals surface area contributed by atoms with Gasteiger partial charge in [0.2, 0.25) is 0 Å². The number of hydrogen-bond donors (Lipinski definition) is 0. The Bertz CT molecular complexity index is 1040. The standard InChI is InChI=1S/C20H17BrN2O5S2/c1-3-27-16-10-12(9-15(21)18(16)28-4-2)11-17-19(24)22(20(29)30-17)13-5-7-14(8-6-13)23(25)26/h5-11H,3-4H2,1-2H3/b17-11-. The summed E-state index contributed by atoms with van der Waals surface area (Å²) in [5.74, 6) is 0.891. The van der Waals surface area contributed by atoms with Crippen LogP contribution >= 0.6 is 39.9 Å². The third-order valence-corrected chi connectivity index (χ3v) is 5.92. The van der Waals surface area contributed by atoms with E-state index in [1.54, 1.807) is 12.1 Å². The summed E-state index contributed by atoms with van der Waals surface area (Å²) in [7, 11) is 0. The molecule has 0 N–H and O–H groups in total. The second kappa shape index (κ2) is 9.59. The van der Waals surface area contributed by atoms with E-state index in [-0.39, 0.29) is 11.6 Å². The number of ether oxygens (including phenoxy) is 2. The van der Waals surface area contributed by atoms with Gasteiger partial charge in [0.15, 0.2) is 15.8 Å². The highest BCUT2D eigenvalue weighted by molar-refractivity contribution is 9.10. The zero-order valence-corrected chi connectivity index (χ0v) is 19.3. The van der Waals surface area contributed by atoms with E-state index in [4.69, 9.17) is 21.7 Å². The number of halogens is 1. The van der Waals surface area contributed by atoms with Gasteiger partial charge in [-0.25, -0.2) is 0 Å². The molecule has 1 aliphatic rings. The molecule has 0 bridgehead atoms. The Morgan fingerprint density at radius 3 is 2.47 bits per heavy atom. The number of rotatable bonds is 7. The maximum atomic E-state index is 13.0. The molecule has 1 heterocycles. The first kappa shape index (κ1) is 22.3. The van der Waals surface area contributed by atoms with Gasteiger partial charge >= 0.3 is 0 Å². The van der Waals surface area contributed by atoms with E-state index in [2.05, 4.69) is 15.9 Å². The number of anilines is 1. The Balaban J connectivity index is 1.92. The van der Waals surface area contributed by atoms with Crippen molar-refractivity contribution in [2.24, 2.45) is 0 Å². The molecule has 1 saturated heterocycles. The van der Waals surface area contributed by atoms with Crippen molar-refractivity contribution in [3.8, 4) is 11.5 Å². The molecule has 156 valence electrons. The highest BCUT2D eigenvalue weighted by atomic mass is 79.9. The van der Waals surface area contributed by atoms with Crippen molar-refractivity contribution in [1.29, 1.82) is 0 Å². The van der Waals surface area contributed by atoms with Crippen LogP contribution in [-0.2, 0) is 4.79 Å². The molecule has 7 nitrogen and oxygen atoms in total. The average Bonchev–Trinajstić information content (AvgIpc) is 2.98. The number of benzene rings is 2. The minimum Gasteiger partial charge on any atom is -0.490 e. The largest absolute Gasteiger partial charge is 0.490 e. The number of hydrogen-bond acceptors (Lipinski definition) is 7. The zero-order chi connectivity index (χ0) is 21.8. The first-order valence-electron chi connectivity index (χ1n) is 8.97. The van der Waals surface area contributed by atoms with Crippen LogP contribution in [0.1, 0.15) is 19.4 Å². The summed E-state index contributed by atoms with van der Waals surface area (Å²) in [5.41, 5.74) is 1.18. The number of thioether (sulfide) groups is 1. The number of carbonyl (C=O) groups excluding carboxylic acids is 1. The molecular weight excluding hydrogens is 492 g/mol. The Labute approximate surface area is 191 Å². The highest BCUT2D eigenvalue weighted by Crippen LogP contribution is 2.40. The quantitative estimate of drug-likeness (QED) is 0.209. The summed E-state index contributed by atoms with van der Waals surface area (Å²) in [6.07, 6.45) is 1.73. The lowest BCUT2D eigenvalue weighted by atomic mass is 10.1. The molecule has 10 heteroatoms. The van der Waals surface area contributed by atoms with E-state index >= 15 is 0 Å². The molecule has 0 aliphatic carbocycles. The topological polar surface area (TPSA) is 81.9 Å². The molecule has 0 aromatic heterocycles. The predicted octanol–water partition coefficient (Wildman–Crippen LogP) is 5.56. The number of thiocarbonyl (C=S) groups is 1. The Morgan fingerprint density at radius 2 is 1.87 bits per heavy atom. The lowest BCUT2D eigenvalue weighted by Gasteiger charge is -2.14. The molecule has 0 radical (unpaired) electrons. The molecule has 2 aromatic rings. The van der Waals surface area contributed by atoms with Gasteiger partial charge in [-0.3, -0.25) is 19.8 Å². The van der Waals surface area contributed by atoms with E-state index in [0.29, 0.717) is 44.1 Å². The Hall–Kier alpha value is -2.43. The van der Waals surface area contributed by atoms with E-state index in [9.17, 15) is 14.9 Å². The first-order chi connectivity index (χ1) is 14.3. The molecule has 0 unspecified atom stereocenters. The van der Waals surface area contributed by atoms with Crippen LogP contribution in [0.5, 0.6) is 11.5 Å². The third-order valence-electron chi connectivity index (χ3n) is 4.03. The van der Waals surface area contributed by atoms with Crippen LogP contribution in [0.2, 0.25) is 0 Å². The maximum absolute atomic E-state index is 13.0. The smallest absolute Gasteiger partial charge is 0.270 e. The first-order valence-corrected chi connectivity index (χ1v) is 11.0. The summed E-state index contributed by atoms with van der Waals surface area (Å²) < 4.78 is 12.4. The predicted molar refractivity (Wildman–Crippen MR) is 125 cm³/mol. The number of non-ortho nitro benzene ring substituents is 1. The van der Waals surface area contributed by atoms with Gasteiger partial charge in [-0.1, -0.05) is 24.0 Å². The van der Waals surface area contributed by atoms with Crippen LogP contribution in [0, 0.1) is 10.1 Å². The van der Waals surface area contributed by atoms with Crippen LogP contribution in [0.15, 0.2) is 45.8 Å². The molecule has 1 fully saturated rings. The normalized spacial score (nSPS) is 15.0.